The summed E-state index contributed by atoms with van der Waals surface area (Å²) in [4.78, 5) is 14.2. The number of aromatic amines is 1. The number of rotatable bonds is 13. The number of aromatic nitrogens is 3. The molecule has 0 aliphatic carbocycles. The third kappa shape index (κ3) is 5.60. The van der Waals surface area contributed by atoms with E-state index in [0.717, 1.165) is 46.5 Å². The Bertz CT molecular complexity index is 883. The van der Waals surface area contributed by atoms with Crippen LogP contribution in [0.25, 0.3) is 21.9 Å². The van der Waals surface area contributed by atoms with E-state index < -0.39 is 0 Å². The fraction of sp³-hybridized carbons (Fsp3) is 0.565. The number of hydrogen-bond donors (Lipinski definition) is 3. The molecule has 2 aromatic heterocycles. The van der Waals surface area contributed by atoms with Crippen LogP contribution in [0.3, 0.4) is 0 Å². The first-order valence-electron chi connectivity index (χ1n) is 11.2. The number of quaternary nitrogens is 1. The maximum absolute atomic E-state index is 5.64. The minimum Gasteiger partial charge on any atom is -0.494 e. The minimum atomic E-state index is 0.658. The highest BCUT2D eigenvalue weighted by Gasteiger charge is 2.12. The molecule has 3 N–H and O–H groups in total. The van der Waals surface area contributed by atoms with Crippen molar-refractivity contribution in [3.8, 4) is 5.75 Å². The van der Waals surface area contributed by atoms with Crippen molar-refractivity contribution < 1.29 is 9.64 Å². The number of nitrogens with one attached hydrogen (secondary N) is 3. The summed E-state index contributed by atoms with van der Waals surface area (Å²) in [6, 6.07) is 6.09. The maximum Gasteiger partial charge on any atom is 0.153 e. The van der Waals surface area contributed by atoms with Crippen LogP contribution in [0, 0.1) is 0 Å². The molecular weight excluding hydrogens is 362 g/mol. The molecule has 0 aliphatic heterocycles. The monoisotopic (exact) mass is 398 g/mol. The Labute approximate surface area is 174 Å². The van der Waals surface area contributed by atoms with Crippen LogP contribution < -0.4 is 15.0 Å². The van der Waals surface area contributed by atoms with Gasteiger partial charge in [0.15, 0.2) is 5.82 Å². The number of nitrogens with zero attached hydrogens (tertiary/aromatic N) is 2. The molecule has 3 rings (SSSR count). The van der Waals surface area contributed by atoms with Crippen LogP contribution in [0.5, 0.6) is 5.75 Å². The molecule has 2 heterocycles. The number of fused-ring (bicyclic) bond motifs is 3. The number of anilines is 1. The van der Waals surface area contributed by atoms with Gasteiger partial charge in [-0.1, -0.05) is 26.7 Å². The second kappa shape index (κ2) is 11.0. The normalized spacial score (nSPS) is 11.6. The van der Waals surface area contributed by atoms with Crippen LogP contribution in [0.1, 0.15) is 52.9 Å². The van der Waals surface area contributed by atoms with Crippen molar-refractivity contribution in [3.05, 3.63) is 24.5 Å². The lowest BCUT2D eigenvalue weighted by molar-refractivity contribution is -0.900. The van der Waals surface area contributed by atoms with Gasteiger partial charge < -0.3 is 19.9 Å². The minimum absolute atomic E-state index is 0.658. The summed E-state index contributed by atoms with van der Waals surface area (Å²) in [5, 5.41) is 4.60. The van der Waals surface area contributed by atoms with Gasteiger partial charge in [-0.3, -0.25) is 0 Å². The summed E-state index contributed by atoms with van der Waals surface area (Å²) in [5.74, 6) is 1.75. The van der Waals surface area contributed by atoms with Gasteiger partial charge in [0.2, 0.25) is 0 Å². The summed E-state index contributed by atoms with van der Waals surface area (Å²) >= 11 is 0. The largest absolute Gasteiger partial charge is 0.494 e. The fourth-order valence-electron chi connectivity index (χ4n) is 3.84. The van der Waals surface area contributed by atoms with Gasteiger partial charge in [0, 0.05) is 23.9 Å². The lowest BCUT2D eigenvalue weighted by Crippen LogP contribution is -3.12. The third-order valence-corrected chi connectivity index (χ3v) is 5.43. The first-order chi connectivity index (χ1) is 14.3. The van der Waals surface area contributed by atoms with Gasteiger partial charge in [0.05, 0.1) is 26.2 Å². The number of unbranched alkanes of at least 4 members (excludes halogenated alkanes) is 2. The molecule has 0 spiro atoms. The highest BCUT2D eigenvalue weighted by atomic mass is 16.5. The van der Waals surface area contributed by atoms with Crippen molar-refractivity contribution in [1.82, 2.24) is 15.0 Å². The van der Waals surface area contributed by atoms with Crippen LogP contribution in [-0.4, -0.2) is 47.7 Å². The zero-order chi connectivity index (χ0) is 20.5. The molecular formula is C23H36N5O+. The smallest absolute Gasteiger partial charge is 0.153 e. The molecule has 0 amide bonds. The van der Waals surface area contributed by atoms with Crippen LogP contribution in [0.15, 0.2) is 24.5 Å². The Morgan fingerprint density at radius 2 is 1.76 bits per heavy atom. The van der Waals surface area contributed by atoms with Gasteiger partial charge in [-0.2, -0.15) is 0 Å². The standard InChI is InChI=1S/C23H35N5O/c1-4-7-13-28(14-8-5-2)15-9-12-24-23-22-21(25-17-26-23)19-16-18(29-6-3)10-11-20(19)27-22/h10-11,16-17,27H,4-9,12-15H2,1-3H3,(H,24,25,26)/p+1. The van der Waals surface area contributed by atoms with E-state index in [2.05, 4.69) is 46.2 Å². The van der Waals surface area contributed by atoms with E-state index in [1.807, 2.05) is 13.0 Å². The number of H-pyrrole nitrogens is 1. The molecule has 6 nitrogen and oxygen atoms in total. The summed E-state index contributed by atoms with van der Waals surface area (Å²) in [5.41, 5.74) is 2.97. The molecule has 0 saturated heterocycles. The fourth-order valence-corrected chi connectivity index (χ4v) is 3.84. The number of benzene rings is 1. The molecule has 0 aliphatic rings. The second-order valence-electron chi connectivity index (χ2n) is 7.70. The van der Waals surface area contributed by atoms with E-state index >= 15 is 0 Å². The van der Waals surface area contributed by atoms with E-state index in [-0.39, 0.29) is 0 Å². The van der Waals surface area contributed by atoms with Crippen molar-refractivity contribution in [3.63, 3.8) is 0 Å². The molecule has 0 atom stereocenters. The zero-order valence-electron chi connectivity index (χ0n) is 18.2. The predicted octanol–water partition coefficient (Wildman–Crippen LogP) is 3.80. The molecule has 3 aromatic rings. The number of ether oxygens (including phenoxy) is 1. The average Bonchev–Trinajstić information content (AvgIpc) is 3.11. The third-order valence-electron chi connectivity index (χ3n) is 5.43. The zero-order valence-corrected chi connectivity index (χ0v) is 18.2. The maximum atomic E-state index is 5.64. The van der Waals surface area contributed by atoms with Crippen molar-refractivity contribution in [2.45, 2.75) is 52.9 Å². The molecule has 0 radical (unpaired) electrons. The Hall–Kier alpha value is -2.34. The second-order valence-corrected chi connectivity index (χ2v) is 7.70. The van der Waals surface area contributed by atoms with E-state index in [9.17, 15) is 0 Å². The lowest BCUT2D eigenvalue weighted by Gasteiger charge is -2.19. The average molecular weight is 399 g/mol. The Morgan fingerprint density at radius 3 is 2.48 bits per heavy atom. The van der Waals surface area contributed by atoms with Crippen LogP contribution >= 0.6 is 0 Å². The van der Waals surface area contributed by atoms with Crippen LogP contribution in [-0.2, 0) is 0 Å². The van der Waals surface area contributed by atoms with Crippen molar-refractivity contribution in [2.75, 3.05) is 38.1 Å². The molecule has 0 fully saturated rings. The van der Waals surface area contributed by atoms with Crippen LogP contribution in [0.4, 0.5) is 5.82 Å². The summed E-state index contributed by atoms with van der Waals surface area (Å²) in [7, 11) is 0. The molecule has 0 bridgehead atoms. The van der Waals surface area contributed by atoms with Crippen molar-refractivity contribution in [2.24, 2.45) is 0 Å². The van der Waals surface area contributed by atoms with Gasteiger partial charge in [0.25, 0.3) is 0 Å². The van der Waals surface area contributed by atoms with E-state index in [0.29, 0.717) is 6.61 Å². The lowest BCUT2D eigenvalue weighted by atomic mass is 10.2. The quantitative estimate of drug-likeness (QED) is 0.383. The molecule has 158 valence electrons. The van der Waals surface area contributed by atoms with Crippen molar-refractivity contribution >= 4 is 27.8 Å². The first-order valence-corrected chi connectivity index (χ1v) is 11.2. The summed E-state index contributed by atoms with van der Waals surface area (Å²) in [6.45, 7) is 11.9. The van der Waals surface area contributed by atoms with E-state index in [4.69, 9.17) is 4.74 Å². The van der Waals surface area contributed by atoms with Gasteiger partial charge in [-0.25, -0.2) is 9.97 Å². The summed E-state index contributed by atoms with van der Waals surface area (Å²) < 4.78 is 5.64. The van der Waals surface area contributed by atoms with E-state index in [1.165, 1.54) is 45.3 Å². The van der Waals surface area contributed by atoms with Crippen LogP contribution in [0.2, 0.25) is 0 Å². The highest BCUT2D eigenvalue weighted by Crippen LogP contribution is 2.29. The highest BCUT2D eigenvalue weighted by molar-refractivity contribution is 6.08. The SMILES string of the molecule is CCCC[NH+](CCCC)CCCNc1ncnc2c1[nH]c1ccc(OCC)cc12. The Morgan fingerprint density at radius 1 is 1.00 bits per heavy atom. The Balaban J connectivity index is 1.64. The molecule has 6 heteroatoms. The number of hydrogen-bond acceptors (Lipinski definition) is 4. The summed E-state index contributed by atoms with van der Waals surface area (Å²) in [6.07, 6.45) is 7.97. The van der Waals surface area contributed by atoms with Gasteiger partial charge in [0.1, 0.15) is 23.1 Å². The van der Waals surface area contributed by atoms with Crippen molar-refractivity contribution in [1.29, 1.82) is 0 Å². The molecule has 0 saturated carbocycles. The molecule has 1 aromatic carbocycles. The van der Waals surface area contributed by atoms with E-state index in [1.54, 1.807) is 11.2 Å². The predicted molar refractivity (Wildman–Crippen MR) is 121 cm³/mol. The molecule has 29 heavy (non-hydrogen) atoms. The topological polar surface area (TPSA) is 67.3 Å². The van der Waals surface area contributed by atoms with Gasteiger partial charge >= 0.3 is 0 Å². The van der Waals surface area contributed by atoms with Gasteiger partial charge in [-0.15, -0.1) is 0 Å². The molecule has 0 unspecified atom stereocenters. The van der Waals surface area contributed by atoms with Gasteiger partial charge in [-0.05, 0) is 38.0 Å². The first kappa shape index (κ1) is 21.4. The Kier molecular flexibility index (Phi) is 8.11.